The lowest BCUT2D eigenvalue weighted by Crippen LogP contribution is -2.37. The van der Waals surface area contributed by atoms with E-state index in [1.54, 1.807) is 6.92 Å². The van der Waals surface area contributed by atoms with Gasteiger partial charge in [0.1, 0.15) is 0 Å². The van der Waals surface area contributed by atoms with Crippen molar-refractivity contribution in [1.82, 2.24) is 0 Å². The third-order valence-corrected chi connectivity index (χ3v) is 1.20. The summed E-state index contributed by atoms with van der Waals surface area (Å²) in [5.41, 5.74) is 10.2. The zero-order valence-electron chi connectivity index (χ0n) is 7.49. The predicted molar refractivity (Wildman–Crippen MR) is 44.6 cm³/mol. The summed E-state index contributed by atoms with van der Waals surface area (Å²) < 4.78 is 9.20. The van der Waals surface area contributed by atoms with E-state index in [1.165, 1.54) is 0 Å². The molecular weight excluding hydrogens is 176 g/mol. The Balaban J connectivity index is 4.01. The standard InChI is InChI=1S/C7H14N2O4/c1-2-12-7(11)5(3-8)13-6(10)4-9/h5H,2-4,8-9H2,1H3. The predicted octanol–water partition coefficient (Wildman–Crippen LogP) is -1.62. The van der Waals surface area contributed by atoms with Gasteiger partial charge < -0.3 is 20.9 Å². The Morgan fingerprint density at radius 1 is 1.38 bits per heavy atom. The molecule has 0 aromatic heterocycles. The van der Waals surface area contributed by atoms with Crippen molar-refractivity contribution in [2.24, 2.45) is 11.5 Å². The lowest BCUT2D eigenvalue weighted by atomic mass is 10.3. The molecule has 0 saturated carbocycles. The molecule has 0 bridgehead atoms. The van der Waals surface area contributed by atoms with Crippen LogP contribution < -0.4 is 11.5 Å². The monoisotopic (exact) mass is 190 g/mol. The fourth-order valence-electron chi connectivity index (χ4n) is 0.634. The molecule has 6 heteroatoms. The second-order valence-electron chi connectivity index (χ2n) is 2.17. The Morgan fingerprint density at radius 3 is 2.38 bits per heavy atom. The third-order valence-electron chi connectivity index (χ3n) is 1.20. The molecule has 1 unspecified atom stereocenters. The molecule has 13 heavy (non-hydrogen) atoms. The van der Waals surface area contributed by atoms with Crippen molar-refractivity contribution in [2.45, 2.75) is 13.0 Å². The van der Waals surface area contributed by atoms with Crippen LogP contribution in [-0.4, -0.2) is 37.7 Å². The summed E-state index contributed by atoms with van der Waals surface area (Å²) >= 11 is 0. The highest BCUT2D eigenvalue weighted by atomic mass is 16.6. The minimum absolute atomic E-state index is 0.107. The second-order valence-corrected chi connectivity index (χ2v) is 2.17. The van der Waals surface area contributed by atoms with Gasteiger partial charge in [-0.2, -0.15) is 0 Å². The molecule has 0 aliphatic carbocycles. The molecule has 0 saturated heterocycles. The van der Waals surface area contributed by atoms with Gasteiger partial charge in [0.05, 0.1) is 13.2 Å². The molecule has 6 nitrogen and oxygen atoms in total. The lowest BCUT2D eigenvalue weighted by Gasteiger charge is -2.13. The van der Waals surface area contributed by atoms with Gasteiger partial charge in [0.25, 0.3) is 0 Å². The Bertz CT molecular complexity index is 183. The van der Waals surface area contributed by atoms with E-state index in [-0.39, 0.29) is 19.7 Å². The number of ether oxygens (including phenoxy) is 2. The smallest absolute Gasteiger partial charge is 0.348 e. The Kier molecular flexibility index (Phi) is 5.82. The normalized spacial score (nSPS) is 11.9. The van der Waals surface area contributed by atoms with Crippen LogP contribution in [0.3, 0.4) is 0 Å². The number of carbonyl (C=O) groups excluding carboxylic acids is 2. The third kappa shape index (κ3) is 4.44. The van der Waals surface area contributed by atoms with Crippen LogP contribution >= 0.6 is 0 Å². The van der Waals surface area contributed by atoms with Crippen LogP contribution in [0.2, 0.25) is 0 Å². The van der Waals surface area contributed by atoms with Gasteiger partial charge in [-0.25, -0.2) is 4.79 Å². The fourth-order valence-corrected chi connectivity index (χ4v) is 0.634. The minimum atomic E-state index is -1.05. The van der Waals surface area contributed by atoms with E-state index in [4.69, 9.17) is 11.5 Å². The van der Waals surface area contributed by atoms with Crippen molar-refractivity contribution >= 4 is 11.9 Å². The molecule has 0 aliphatic heterocycles. The maximum Gasteiger partial charge on any atom is 0.348 e. The molecule has 0 fully saturated rings. The van der Waals surface area contributed by atoms with Gasteiger partial charge in [0.15, 0.2) is 0 Å². The number of hydrogen-bond donors (Lipinski definition) is 2. The quantitative estimate of drug-likeness (QED) is 0.505. The average Bonchev–Trinajstić information content (AvgIpc) is 2.14. The van der Waals surface area contributed by atoms with Gasteiger partial charge in [-0.05, 0) is 6.92 Å². The van der Waals surface area contributed by atoms with Crippen LogP contribution in [0, 0.1) is 0 Å². The van der Waals surface area contributed by atoms with Crippen molar-refractivity contribution in [2.75, 3.05) is 19.7 Å². The van der Waals surface area contributed by atoms with Gasteiger partial charge in [0.2, 0.25) is 6.10 Å². The maximum absolute atomic E-state index is 11.0. The largest absolute Gasteiger partial charge is 0.463 e. The number of nitrogens with two attached hydrogens (primary N) is 2. The first-order valence-corrected chi connectivity index (χ1v) is 3.91. The first-order chi connectivity index (χ1) is 6.15. The van der Waals surface area contributed by atoms with Gasteiger partial charge in [-0.15, -0.1) is 0 Å². The Morgan fingerprint density at radius 2 is 2.00 bits per heavy atom. The van der Waals surface area contributed by atoms with Crippen molar-refractivity contribution in [1.29, 1.82) is 0 Å². The van der Waals surface area contributed by atoms with Crippen molar-refractivity contribution in [3.05, 3.63) is 0 Å². The van der Waals surface area contributed by atoms with E-state index in [1.807, 2.05) is 0 Å². The van der Waals surface area contributed by atoms with Crippen LogP contribution in [0.15, 0.2) is 0 Å². The first kappa shape index (κ1) is 11.9. The molecular formula is C7H14N2O4. The van der Waals surface area contributed by atoms with E-state index in [9.17, 15) is 9.59 Å². The van der Waals surface area contributed by atoms with Crippen LogP contribution in [0.1, 0.15) is 6.92 Å². The maximum atomic E-state index is 11.0. The molecule has 0 aromatic carbocycles. The first-order valence-electron chi connectivity index (χ1n) is 3.91. The molecule has 0 radical (unpaired) electrons. The Labute approximate surface area is 76.2 Å². The minimum Gasteiger partial charge on any atom is -0.463 e. The topological polar surface area (TPSA) is 105 Å². The lowest BCUT2D eigenvalue weighted by molar-refractivity contribution is -0.165. The van der Waals surface area contributed by atoms with Crippen molar-refractivity contribution in [3.63, 3.8) is 0 Å². The molecule has 0 amide bonds. The van der Waals surface area contributed by atoms with Crippen LogP contribution in [0.25, 0.3) is 0 Å². The molecule has 4 N–H and O–H groups in total. The van der Waals surface area contributed by atoms with E-state index in [0.717, 1.165) is 0 Å². The summed E-state index contributed by atoms with van der Waals surface area (Å²) in [5, 5.41) is 0. The molecule has 76 valence electrons. The van der Waals surface area contributed by atoms with Crippen LogP contribution in [0.5, 0.6) is 0 Å². The van der Waals surface area contributed by atoms with Crippen molar-refractivity contribution in [3.8, 4) is 0 Å². The number of esters is 2. The second kappa shape index (κ2) is 6.38. The highest BCUT2D eigenvalue weighted by Crippen LogP contribution is 1.94. The zero-order valence-corrected chi connectivity index (χ0v) is 7.49. The summed E-state index contributed by atoms with van der Waals surface area (Å²) in [6.45, 7) is 1.48. The highest BCUT2D eigenvalue weighted by Gasteiger charge is 2.21. The van der Waals surface area contributed by atoms with Gasteiger partial charge in [-0.1, -0.05) is 0 Å². The highest BCUT2D eigenvalue weighted by molar-refractivity contribution is 5.80. The SMILES string of the molecule is CCOC(=O)C(CN)OC(=O)CN. The fraction of sp³-hybridized carbons (Fsp3) is 0.714. The zero-order chi connectivity index (χ0) is 10.3. The van der Waals surface area contributed by atoms with Gasteiger partial charge in [-0.3, -0.25) is 4.79 Å². The van der Waals surface area contributed by atoms with E-state index >= 15 is 0 Å². The number of rotatable bonds is 5. The van der Waals surface area contributed by atoms with E-state index in [2.05, 4.69) is 9.47 Å². The number of carbonyl (C=O) groups is 2. The van der Waals surface area contributed by atoms with E-state index in [0.29, 0.717) is 0 Å². The van der Waals surface area contributed by atoms with Gasteiger partial charge in [0, 0.05) is 6.54 Å². The molecule has 0 aliphatic rings. The molecule has 1 atom stereocenters. The number of hydrogen-bond acceptors (Lipinski definition) is 6. The van der Waals surface area contributed by atoms with Crippen LogP contribution in [0.4, 0.5) is 0 Å². The molecule has 0 rings (SSSR count). The van der Waals surface area contributed by atoms with Crippen LogP contribution in [-0.2, 0) is 19.1 Å². The molecule has 0 aromatic rings. The Hall–Kier alpha value is -1.14. The average molecular weight is 190 g/mol. The molecule has 0 spiro atoms. The summed E-state index contributed by atoms with van der Waals surface area (Å²) in [6, 6.07) is 0. The summed E-state index contributed by atoms with van der Waals surface area (Å²) in [4.78, 5) is 21.7. The molecule has 0 heterocycles. The summed E-state index contributed by atoms with van der Waals surface area (Å²) in [6.07, 6.45) is -1.05. The summed E-state index contributed by atoms with van der Waals surface area (Å²) in [5.74, 6) is -1.32. The van der Waals surface area contributed by atoms with Gasteiger partial charge >= 0.3 is 11.9 Å². The van der Waals surface area contributed by atoms with E-state index < -0.39 is 18.0 Å². The van der Waals surface area contributed by atoms with Crippen molar-refractivity contribution < 1.29 is 19.1 Å². The summed E-state index contributed by atoms with van der Waals surface area (Å²) in [7, 11) is 0.